The molecule has 27 heavy (non-hydrogen) atoms. The highest BCUT2D eigenvalue weighted by Gasteiger charge is 2.33. The second-order valence-corrected chi connectivity index (χ2v) is 7.82. The van der Waals surface area contributed by atoms with E-state index in [2.05, 4.69) is 40.3 Å². The Morgan fingerprint density at radius 2 is 1.74 bits per heavy atom. The van der Waals surface area contributed by atoms with Crippen LogP contribution in [0, 0.1) is 0 Å². The summed E-state index contributed by atoms with van der Waals surface area (Å²) < 4.78 is 0.903. The fraction of sp³-hybridized carbons (Fsp3) is 0.174. The van der Waals surface area contributed by atoms with Gasteiger partial charge in [0.2, 0.25) is 0 Å². The van der Waals surface area contributed by atoms with Crippen molar-refractivity contribution >= 4 is 33.2 Å². The Labute approximate surface area is 168 Å². The summed E-state index contributed by atoms with van der Waals surface area (Å²) in [5.74, 6) is 0.0106. The van der Waals surface area contributed by atoms with Crippen molar-refractivity contribution in [3.8, 4) is 0 Å². The molecule has 136 valence electrons. The molecule has 0 spiro atoms. The van der Waals surface area contributed by atoms with Gasteiger partial charge >= 0.3 is 0 Å². The van der Waals surface area contributed by atoms with E-state index in [0.717, 1.165) is 27.8 Å². The smallest absolute Gasteiger partial charge is 0.258 e. The standard InChI is InChI=1S/C23H21BrN2O/c1-16-14-22(20-12-5-6-13-21(20)25-16)26(19-10-3-2-4-11-19)23(27)17-8-7-9-18(24)15-17/h2-13,15-16,22,25H,14H2,1H3/t16-,22-/m0/s1. The summed E-state index contributed by atoms with van der Waals surface area (Å²) in [4.78, 5) is 15.5. The summed E-state index contributed by atoms with van der Waals surface area (Å²) in [6.45, 7) is 2.16. The molecule has 1 aliphatic heterocycles. The maximum Gasteiger partial charge on any atom is 0.258 e. The van der Waals surface area contributed by atoms with E-state index in [9.17, 15) is 4.79 Å². The van der Waals surface area contributed by atoms with Crippen molar-refractivity contribution in [1.29, 1.82) is 0 Å². The summed E-state index contributed by atoms with van der Waals surface area (Å²) in [5, 5.41) is 3.54. The average Bonchev–Trinajstić information content (AvgIpc) is 2.69. The lowest BCUT2D eigenvalue weighted by Crippen LogP contribution is -2.40. The van der Waals surface area contributed by atoms with Crippen molar-refractivity contribution in [2.24, 2.45) is 0 Å². The van der Waals surface area contributed by atoms with Crippen molar-refractivity contribution < 1.29 is 4.79 Å². The molecule has 1 aliphatic rings. The lowest BCUT2D eigenvalue weighted by Gasteiger charge is -2.39. The summed E-state index contributed by atoms with van der Waals surface area (Å²) >= 11 is 3.49. The number of rotatable bonds is 3. The molecule has 2 atom stereocenters. The molecule has 0 bridgehead atoms. The molecule has 1 N–H and O–H groups in total. The van der Waals surface area contributed by atoms with Gasteiger partial charge in [-0.15, -0.1) is 0 Å². The minimum atomic E-state index is -0.0219. The molecule has 0 fully saturated rings. The number of anilines is 2. The van der Waals surface area contributed by atoms with Gasteiger partial charge in [-0.3, -0.25) is 4.79 Å². The largest absolute Gasteiger partial charge is 0.382 e. The Morgan fingerprint density at radius 3 is 2.52 bits per heavy atom. The van der Waals surface area contributed by atoms with E-state index in [4.69, 9.17) is 0 Å². The Balaban J connectivity index is 1.83. The van der Waals surface area contributed by atoms with Crippen LogP contribution in [0.4, 0.5) is 11.4 Å². The Kier molecular flexibility index (Phi) is 4.99. The van der Waals surface area contributed by atoms with Gasteiger partial charge < -0.3 is 10.2 Å². The van der Waals surface area contributed by atoms with Crippen molar-refractivity contribution in [2.45, 2.75) is 25.4 Å². The third-order valence-electron chi connectivity index (χ3n) is 4.93. The zero-order valence-corrected chi connectivity index (χ0v) is 16.7. The van der Waals surface area contributed by atoms with Gasteiger partial charge in [0.1, 0.15) is 0 Å². The first-order valence-corrected chi connectivity index (χ1v) is 9.92. The van der Waals surface area contributed by atoms with Crippen molar-refractivity contribution in [3.05, 3.63) is 94.5 Å². The number of nitrogens with one attached hydrogen (secondary N) is 1. The van der Waals surface area contributed by atoms with Crippen molar-refractivity contribution in [2.75, 3.05) is 10.2 Å². The van der Waals surface area contributed by atoms with Crippen LogP contribution in [0.3, 0.4) is 0 Å². The molecule has 4 rings (SSSR count). The number of para-hydroxylation sites is 2. The van der Waals surface area contributed by atoms with Crippen LogP contribution in [-0.4, -0.2) is 11.9 Å². The maximum atomic E-state index is 13.6. The zero-order valence-electron chi connectivity index (χ0n) is 15.1. The number of nitrogens with zero attached hydrogens (tertiary/aromatic N) is 1. The molecule has 1 heterocycles. The first-order valence-electron chi connectivity index (χ1n) is 9.13. The van der Waals surface area contributed by atoms with Gasteiger partial charge in [-0.05, 0) is 55.3 Å². The van der Waals surface area contributed by atoms with Gasteiger partial charge in [-0.2, -0.15) is 0 Å². The van der Waals surface area contributed by atoms with Crippen LogP contribution in [0.5, 0.6) is 0 Å². The number of halogens is 1. The molecule has 3 nitrogen and oxygen atoms in total. The van der Waals surface area contributed by atoms with Crippen LogP contribution < -0.4 is 10.2 Å². The molecule has 0 saturated carbocycles. The molecule has 0 unspecified atom stereocenters. The molecule has 0 aromatic heterocycles. The first-order chi connectivity index (χ1) is 13.1. The van der Waals surface area contributed by atoms with Crippen molar-refractivity contribution in [1.82, 2.24) is 0 Å². The summed E-state index contributed by atoms with van der Waals surface area (Å²) in [5.41, 5.74) is 3.85. The van der Waals surface area contributed by atoms with Crippen LogP contribution >= 0.6 is 15.9 Å². The molecular weight excluding hydrogens is 400 g/mol. The molecule has 1 amide bonds. The third kappa shape index (κ3) is 3.62. The van der Waals surface area contributed by atoms with E-state index in [-0.39, 0.29) is 18.0 Å². The quantitative estimate of drug-likeness (QED) is 0.559. The highest BCUT2D eigenvalue weighted by atomic mass is 79.9. The van der Waals surface area contributed by atoms with Gasteiger partial charge in [0, 0.05) is 27.5 Å². The topological polar surface area (TPSA) is 32.3 Å². The molecular formula is C23H21BrN2O. The maximum absolute atomic E-state index is 13.6. The number of amides is 1. The molecule has 3 aromatic rings. The summed E-state index contributed by atoms with van der Waals surface area (Å²) in [6, 6.07) is 26.1. The van der Waals surface area contributed by atoms with E-state index in [1.165, 1.54) is 0 Å². The van der Waals surface area contributed by atoms with Gasteiger partial charge in [0.25, 0.3) is 5.91 Å². The normalized spacial score (nSPS) is 18.3. The zero-order chi connectivity index (χ0) is 18.8. The second-order valence-electron chi connectivity index (χ2n) is 6.91. The van der Waals surface area contributed by atoms with E-state index < -0.39 is 0 Å². The Hall–Kier alpha value is -2.59. The Morgan fingerprint density at radius 1 is 1.00 bits per heavy atom. The fourth-order valence-corrected chi connectivity index (χ4v) is 4.14. The monoisotopic (exact) mass is 420 g/mol. The summed E-state index contributed by atoms with van der Waals surface area (Å²) in [7, 11) is 0. The predicted molar refractivity (Wildman–Crippen MR) is 114 cm³/mol. The number of benzene rings is 3. The minimum absolute atomic E-state index is 0.0106. The number of carbonyl (C=O) groups is 1. The third-order valence-corrected chi connectivity index (χ3v) is 5.43. The minimum Gasteiger partial charge on any atom is -0.382 e. The van der Waals surface area contributed by atoms with Crippen LogP contribution in [0.2, 0.25) is 0 Å². The van der Waals surface area contributed by atoms with Gasteiger partial charge in [0.15, 0.2) is 0 Å². The molecule has 0 aliphatic carbocycles. The Bertz CT molecular complexity index is 957. The number of carbonyl (C=O) groups excluding carboxylic acids is 1. The van der Waals surface area contributed by atoms with Gasteiger partial charge in [-0.1, -0.05) is 58.4 Å². The van der Waals surface area contributed by atoms with Crippen LogP contribution in [0.15, 0.2) is 83.3 Å². The molecule has 0 radical (unpaired) electrons. The van der Waals surface area contributed by atoms with Crippen molar-refractivity contribution in [3.63, 3.8) is 0 Å². The fourth-order valence-electron chi connectivity index (χ4n) is 3.74. The van der Waals surface area contributed by atoms with Crippen LogP contribution in [0.1, 0.15) is 35.3 Å². The SMILES string of the molecule is C[C@H]1C[C@H](N(C(=O)c2cccc(Br)c2)c2ccccc2)c2ccccc2N1. The lowest BCUT2D eigenvalue weighted by molar-refractivity contribution is 0.0974. The highest BCUT2D eigenvalue weighted by molar-refractivity contribution is 9.10. The molecule has 4 heteroatoms. The number of hydrogen-bond acceptors (Lipinski definition) is 2. The van der Waals surface area contributed by atoms with E-state index in [1.54, 1.807) is 0 Å². The average molecular weight is 421 g/mol. The molecule has 3 aromatic carbocycles. The first kappa shape index (κ1) is 17.8. The van der Waals surface area contributed by atoms with Gasteiger partial charge in [0.05, 0.1) is 6.04 Å². The van der Waals surface area contributed by atoms with E-state index in [1.807, 2.05) is 71.6 Å². The number of fused-ring (bicyclic) bond motifs is 1. The van der Waals surface area contributed by atoms with Gasteiger partial charge in [-0.25, -0.2) is 0 Å². The highest BCUT2D eigenvalue weighted by Crippen LogP contribution is 2.39. The van der Waals surface area contributed by atoms with Crippen LogP contribution in [-0.2, 0) is 0 Å². The van der Waals surface area contributed by atoms with Crippen LogP contribution in [0.25, 0.3) is 0 Å². The van der Waals surface area contributed by atoms with E-state index >= 15 is 0 Å². The predicted octanol–water partition coefficient (Wildman–Crippen LogP) is 6.04. The second kappa shape index (κ2) is 7.57. The lowest BCUT2D eigenvalue weighted by atomic mass is 9.91. The molecule has 0 saturated heterocycles. The van der Waals surface area contributed by atoms with E-state index in [0.29, 0.717) is 5.56 Å². The number of hydrogen-bond donors (Lipinski definition) is 1. The summed E-state index contributed by atoms with van der Waals surface area (Å²) in [6.07, 6.45) is 0.853.